The van der Waals surface area contributed by atoms with Crippen molar-refractivity contribution in [2.45, 2.75) is 63.8 Å². The van der Waals surface area contributed by atoms with E-state index in [1.807, 2.05) is 6.07 Å². The van der Waals surface area contributed by atoms with Gasteiger partial charge in [-0.15, -0.1) is 0 Å². The second-order valence-corrected chi connectivity index (χ2v) is 11.8. The van der Waals surface area contributed by atoms with Crippen molar-refractivity contribution >= 4 is 23.6 Å². The number of likely N-dealkylation sites (tertiary alicyclic amines) is 1. The van der Waals surface area contributed by atoms with E-state index in [0.717, 1.165) is 4.90 Å². The molecule has 2 aliphatic heterocycles. The highest BCUT2D eigenvalue weighted by Crippen LogP contribution is 2.61. The van der Waals surface area contributed by atoms with Crippen molar-refractivity contribution in [1.29, 1.82) is 5.26 Å². The molecule has 5 unspecified atom stereocenters. The summed E-state index contributed by atoms with van der Waals surface area (Å²) >= 11 is 0. The Hall–Kier alpha value is -3.24. The normalized spacial score (nSPS) is 32.3. The van der Waals surface area contributed by atoms with Crippen LogP contribution in [-0.2, 0) is 19.2 Å². The molecule has 214 valence electrons. The van der Waals surface area contributed by atoms with Gasteiger partial charge in [-0.2, -0.15) is 18.4 Å². The van der Waals surface area contributed by atoms with Gasteiger partial charge in [0.2, 0.25) is 17.7 Å². The average molecular weight is 560 g/mol. The molecule has 0 radical (unpaired) electrons. The van der Waals surface area contributed by atoms with E-state index in [0.29, 0.717) is 13.0 Å². The Balaban J connectivity index is 1.64. The van der Waals surface area contributed by atoms with Crippen LogP contribution in [0.1, 0.15) is 33.6 Å². The molecule has 4 amide bonds. The molecule has 2 saturated heterocycles. The van der Waals surface area contributed by atoms with Gasteiger partial charge in [0, 0.05) is 36.8 Å². The molecule has 0 aromatic rings. The molecule has 3 N–H and O–H groups in total. The van der Waals surface area contributed by atoms with Gasteiger partial charge < -0.3 is 20.9 Å². The summed E-state index contributed by atoms with van der Waals surface area (Å²) in [6.45, 7) is 4.36. The number of hydrogen-bond donors (Lipinski definition) is 3. The van der Waals surface area contributed by atoms with Crippen LogP contribution in [0.25, 0.3) is 0 Å². The quantitative estimate of drug-likeness (QED) is 0.336. The van der Waals surface area contributed by atoms with Crippen molar-refractivity contribution in [3.8, 4) is 6.07 Å². The first-order valence-electron chi connectivity index (χ1n) is 12.7. The summed E-state index contributed by atoms with van der Waals surface area (Å²) in [7, 11) is 0. The Kier molecular flexibility index (Phi) is 7.19. The lowest BCUT2D eigenvalue weighted by molar-refractivity contribution is -0.176. The summed E-state index contributed by atoms with van der Waals surface area (Å²) in [5, 5.41) is 16.4. The molecular weight excluding hydrogens is 529 g/mol. The number of fused-ring (bicyclic) bond motifs is 5. The number of nitriles is 1. The van der Waals surface area contributed by atoms with E-state index in [-0.39, 0.29) is 18.9 Å². The van der Waals surface area contributed by atoms with Crippen molar-refractivity contribution in [3.05, 3.63) is 12.2 Å². The van der Waals surface area contributed by atoms with E-state index in [4.69, 9.17) is 0 Å². The van der Waals surface area contributed by atoms with E-state index in [2.05, 4.69) is 10.6 Å². The summed E-state index contributed by atoms with van der Waals surface area (Å²) in [6.07, 6.45) is -2.24. The van der Waals surface area contributed by atoms with Gasteiger partial charge >= 0.3 is 12.1 Å². The third-order valence-corrected chi connectivity index (χ3v) is 8.25. The second-order valence-electron chi connectivity index (χ2n) is 11.8. The fourth-order valence-corrected chi connectivity index (χ4v) is 6.38. The molecule has 39 heavy (non-hydrogen) atoms. The number of amides is 4. The summed E-state index contributed by atoms with van der Waals surface area (Å²) in [5.74, 6) is -12.8. The third kappa shape index (κ3) is 5.07. The average Bonchev–Trinajstić information content (AvgIpc) is 3.54. The molecule has 14 heteroatoms. The highest BCUT2D eigenvalue weighted by atomic mass is 19.4. The van der Waals surface area contributed by atoms with Crippen molar-refractivity contribution in [2.75, 3.05) is 13.1 Å². The van der Waals surface area contributed by atoms with Gasteiger partial charge in [0.05, 0.1) is 6.07 Å². The van der Waals surface area contributed by atoms with Gasteiger partial charge in [0.1, 0.15) is 18.1 Å². The zero-order valence-corrected chi connectivity index (χ0v) is 21.5. The Morgan fingerprint density at radius 2 is 1.82 bits per heavy atom. The molecule has 0 aromatic heterocycles. The molecule has 1 saturated carbocycles. The third-order valence-electron chi connectivity index (χ3n) is 8.25. The maximum absolute atomic E-state index is 15.0. The number of rotatable bonds is 6. The minimum atomic E-state index is -5.28. The fourth-order valence-electron chi connectivity index (χ4n) is 6.38. The van der Waals surface area contributed by atoms with Crippen LogP contribution in [-0.4, -0.2) is 71.8 Å². The zero-order chi connectivity index (χ0) is 29.1. The van der Waals surface area contributed by atoms with Crippen LogP contribution < -0.4 is 16.0 Å². The van der Waals surface area contributed by atoms with Crippen LogP contribution in [0.4, 0.5) is 22.0 Å². The van der Waals surface area contributed by atoms with Gasteiger partial charge in [-0.1, -0.05) is 32.9 Å². The fraction of sp³-hybridized carbons (Fsp3) is 0.720. The van der Waals surface area contributed by atoms with E-state index >= 15 is 0 Å². The number of carbonyl (C=O) groups excluding carboxylic acids is 4. The zero-order valence-electron chi connectivity index (χ0n) is 21.5. The van der Waals surface area contributed by atoms with Crippen LogP contribution in [0.5, 0.6) is 0 Å². The molecule has 4 aliphatic rings. The molecular formula is C25H30F5N5O4. The van der Waals surface area contributed by atoms with Crippen molar-refractivity contribution in [3.63, 3.8) is 0 Å². The topological polar surface area (TPSA) is 131 Å². The monoisotopic (exact) mass is 559 g/mol. The minimum Gasteiger partial charge on any atom is -0.356 e. The van der Waals surface area contributed by atoms with Crippen LogP contribution in [0.2, 0.25) is 0 Å². The molecule has 0 spiro atoms. The van der Waals surface area contributed by atoms with Crippen molar-refractivity contribution in [2.24, 2.45) is 35.0 Å². The number of halogens is 5. The molecule has 8 atom stereocenters. The Morgan fingerprint density at radius 3 is 2.36 bits per heavy atom. The number of nitrogens with zero attached hydrogens (tertiary/aromatic N) is 2. The summed E-state index contributed by atoms with van der Waals surface area (Å²) < 4.78 is 69.2. The van der Waals surface area contributed by atoms with Crippen LogP contribution >= 0.6 is 0 Å². The van der Waals surface area contributed by atoms with Crippen LogP contribution in [0, 0.1) is 46.3 Å². The lowest BCUT2D eigenvalue weighted by Gasteiger charge is -2.37. The van der Waals surface area contributed by atoms with Gasteiger partial charge in [-0.05, 0) is 24.2 Å². The Labute approximate surface area is 221 Å². The minimum absolute atomic E-state index is 0.0305. The molecule has 4 rings (SSSR count). The first kappa shape index (κ1) is 28.8. The number of nitrogens with one attached hydrogen (secondary N) is 3. The SMILES string of the molecule is CC(C)(C)[C@H](NC(=O)C(F)(F)F)C(=O)N1CC2C(C1C(=O)N[C@H](C#N)C[C@@H]1CCNC1=O)C1C=CC2C1(F)F. The van der Waals surface area contributed by atoms with Gasteiger partial charge in [-0.25, -0.2) is 8.78 Å². The molecule has 0 aromatic carbocycles. The Morgan fingerprint density at radius 1 is 1.18 bits per heavy atom. The standard InChI is InChI=1S/C25H30F5N5O4/c1-23(2,3)18(34-22(39)25(28,29)30)21(38)35-10-13-14-4-5-15(24(14,26)27)16(13)17(35)20(37)33-12(9-31)8-11-6-7-32-19(11)36/h4-5,11-18H,6-8,10H2,1-3H3,(H,32,36)(H,33,37)(H,34,39)/t11-,12-,13?,14?,15?,16?,17?,18+/m0/s1. The highest BCUT2D eigenvalue weighted by Gasteiger charge is 2.70. The van der Waals surface area contributed by atoms with E-state index < -0.39 is 83.0 Å². The Bertz CT molecular complexity index is 1130. The van der Waals surface area contributed by atoms with Crippen LogP contribution in [0.3, 0.4) is 0 Å². The predicted molar refractivity (Wildman–Crippen MR) is 124 cm³/mol. The van der Waals surface area contributed by atoms with Crippen LogP contribution in [0.15, 0.2) is 12.2 Å². The first-order chi connectivity index (χ1) is 18.0. The van der Waals surface area contributed by atoms with Crippen molar-refractivity contribution in [1.82, 2.24) is 20.9 Å². The number of carbonyl (C=O) groups is 4. The lowest BCUT2D eigenvalue weighted by atomic mass is 9.81. The molecule has 2 aliphatic carbocycles. The summed E-state index contributed by atoms with van der Waals surface area (Å²) in [4.78, 5) is 52.0. The van der Waals surface area contributed by atoms with E-state index in [1.54, 1.807) is 5.32 Å². The maximum Gasteiger partial charge on any atom is 0.471 e. The smallest absolute Gasteiger partial charge is 0.356 e. The maximum atomic E-state index is 15.0. The molecule has 2 heterocycles. The molecule has 3 fully saturated rings. The highest BCUT2D eigenvalue weighted by molar-refractivity contribution is 5.94. The van der Waals surface area contributed by atoms with Gasteiger partial charge in [0.15, 0.2) is 0 Å². The summed E-state index contributed by atoms with van der Waals surface area (Å²) in [5.41, 5.74) is -1.23. The summed E-state index contributed by atoms with van der Waals surface area (Å²) in [6, 6.07) is -2.52. The lowest BCUT2D eigenvalue weighted by Crippen LogP contribution is -2.61. The van der Waals surface area contributed by atoms with Gasteiger partial charge in [-0.3, -0.25) is 19.2 Å². The van der Waals surface area contributed by atoms with Gasteiger partial charge in [0.25, 0.3) is 5.92 Å². The second kappa shape index (κ2) is 9.75. The predicted octanol–water partition coefficient (Wildman–Crippen LogP) is 1.51. The first-order valence-corrected chi connectivity index (χ1v) is 12.7. The number of allylic oxidation sites excluding steroid dienone is 2. The van der Waals surface area contributed by atoms with E-state index in [9.17, 15) is 46.4 Å². The van der Waals surface area contributed by atoms with Crippen molar-refractivity contribution < 1.29 is 41.1 Å². The largest absolute Gasteiger partial charge is 0.471 e. The molecule has 9 nitrogen and oxygen atoms in total. The number of alkyl halides is 5. The number of hydrogen-bond acceptors (Lipinski definition) is 5. The molecule has 2 bridgehead atoms. The van der Waals surface area contributed by atoms with E-state index in [1.165, 1.54) is 32.9 Å².